The first-order valence-electron chi connectivity index (χ1n) is 11.7. The van der Waals surface area contributed by atoms with Crippen molar-refractivity contribution < 1.29 is 9.59 Å². The number of benzene rings is 1. The quantitative estimate of drug-likeness (QED) is 0.807. The maximum atomic E-state index is 13.8. The number of piperidine rings is 1. The van der Waals surface area contributed by atoms with Crippen LogP contribution in [-0.4, -0.2) is 50.8 Å². The Labute approximate surface area is 188 Å². The molecule has 2 bridgehead atoms. The normalized spacial score (nSPS) is 31.3. The van der Waals surface area contributed by atoms with Crippen LogP contribution in [0, 0.1) is 5.41 Å². The average molecular weight is 434 g/mol. The third-order valence-corrected chi connectivity index (χ3v) is 8.09. The van der Waals surface area contributed by atoms with Crippen LogP contribution >= 0.6 is 0 Å². The van der Waals surface area contributed by atoms with Crippen molar-refractivity contribution >= 4 is 11.8 Å². The van der Waals surface area contributed by atoms with Crippen LogP contribution in [0.5, 0.6) is 0 Å². The van der Waals surface area contributed by atoms with Crippen LogP contribution in [0.25, 0.3) is 0 Å². The highest BCUT2D eigenvalue weighted by atomic mass is 16.2. The number of hydrogen-bond donors (Lipinski definition) is 1. The van der Waals surface area contributed by atoms with E-state index in [1.54, 1.807) is 19.1 Å². The minimum Gasteiger partial charge on any atom is -0.334 e. The molecule has 168 valence electrons. The van der Waals surface area contributed by atoms with Crippen molar-refractivity contribution in [3.05, 3.63) is 70.1 Å². The minimum atomic E-state index is -0.269. The topological polar surface area (TPSA) is 73.5 Å². The predicted octanol–water partition coefficient (Wildman–Crippen LogP) is 3.38. The lowest BCUT2D eigenvalue weighted by atomic mass is 9.69. The molecule has 1 aromatic heterocycles. The fourth-order valence-corrected chi connectivity index (χ4v) is 6.81. The number of pyridine rings is 1. The summed E-state index contributed by atoms with van der Waals surface area (Å²) in [5.74, 6) is -0.0274. The van der Waals surface area contributed by atoms with Crippen LogP contribution in [0.1, 0.15) is 62.0 Å². The number of fused-ring (bicyclic) bond motifs is 1. The monoisotopic (exact) mass is 433 g/mol. The Hall–Kier alpha value is -2.89. The zero-order chi connectivity index (χ0) is 22.5. The van der Waals surface area contributed by atoms with Gasteiger partial charge in [-0.05, 0) is 37.3 Å². The Morgan fingerprint density at radius 3 is 2.34 bits per heavy atom. The van der Waals surface area contributed by atoms with Gasteiger partial charge in [0.2, 0.25) is 11.5 Å². The van der Waals surface area contributed by atoms with E-state index in [1.807, 2.05) is 23.1 Å². The smallest absolute Gasteiger partial charge is 0.270 e. The first-order chi connectivity index (χ1) is 15.4. The number of aromatic amines is 1. The number of amides is 2. The number of nitrogens with zero attached hydrogens (tertiary/aromatic N) is 2. The molecular weight excluding hydrogens is 402 g/mol. The predicted molar refractivity (Wildman–Crippen MR) is 122 cm³/mol. The summed E-state index contributed by atoms with van der Waals surface area (Å²) in [6, 6.07) is 15.1. The number of carbonyl (C=O) groups is 2. The standard InChI is InChI=1S/C26H31N3O3/c1-17(30)28-20(15-18-9-4-3-5-10-18)21-16-26(2)22(28)12-6-7-13-23(26)29(21)25(32)19-11-8-14-24(31)27-19/h3-5,8-11,14,20-23H,6-7,12-13,15-16H2,1-2H3,(H,27,31)/t20-,21+,22-,23+,26-/m1/s1. The Bertz CT molecular complexity index is 1080. The minimum absolute atomic E-state index is 0.0684. The number of likely N-dealkylation sites (tertiary alicyclic amines) is 2. The van der Waals surface area contributed by atoms with Gasteiger partial charge in [-0.1, -0.05) is 56.2 Å². The lowest BCUT2D eigenvalue weighted by Crippen LogP contribution is -2.61. The Morgan fingerprint density at radius 1 is 1.00 bits per heavy atom. The maximum absolute atomic E-state index is 13.8. The van der Waals surface area contributed by atoms with Crippen LogP contribution in [0.2, 0.25) is 0 Å². The van der Waals surface area contributed by atoms with Gasteiger partial charge >= 0.3 is 0 Å². The third-order valence-electron chi connectivity index (χ3n) is 8.09. The van der Waals surface area contributed by atoms with E-state index < -0.39 is 0 Å². The fourth-order valence-electron chi connectivity index (χ4n) is 6.81. The SMILES string of the molecule is CC(=O)N1[C@H](Cc2ccccc2)[C@@H]2C[C@@]3(C)[C@H](CCCC[C@@H]13)N2C(=O)c1cccc(=O)[nH]1. The van der Waals surface area contributed by atoms with Gasteiger partial charge in [0.15, 0.2) is 0 Å². The number of rotatable bonds is 3. The molecule has 1 saturated carbocycles. The Morgan fingerprint density at radius 2 is 1.69 bits per heavy atom. The third kappa shape index (κ3) is 3.28. The first-order valence-corrected chi connectivity index (χ1v) is 11.7. The Kier molecular flexibility index (Phi) is 5.19. The van der Waals surface area contributed by atoms with E-state index in [1.165, 1.54) is 11.6 Å². The zero-order valence-electron chi connectivity index (χ0n) is 18.8. The molecule has 6 nitrogen and oxygen atoms in total. The van der Waals surface area contributed by atoms with Crippen LogP contribution in [0.15, 0.2) is 53.3 Å². The molecular formula is C26H31N3O3. The first kappa shape index (κ1) is 21.0. The molecule has 32 heavy (non-hydrogen) atoms. The van der Waals surface area contributed by atoms with E-state index in [2.05, 4.69) is 28.9 Å². The maximum Gasteiger partial charge on any atom is 0.270 e. The summed E-state index contributed by atoms with van der Waals surface area (Å²) < 4.78 is 0. The summed E-state index contributed by atoms with van der Waals surface area (Å²) in [6.07, 6.45) is 5.65. The van der Waals surface area contributed by atoms with E-state index in [0.29, 0.717) is 5.69 Å². The van der Waals surface area contributed by atoms with Crippen LogP contribution in [0.3, 0.4) is 0 Å². The lowest BCUT2D eigenvalue weighted by molar-refractivity contribution is -0.141. The van der Waals surface area contributed by atoms with Crippen molar-refractivity contribution in [1.29, 1.82) is 0 Å². The summed E-state index contributed by atoms with van der Waals surface area (Å²) in [5, 5.41) is 0. The molecule has 0 unspecified atom stereocenters. The number of carbonyl (C=O) groups excluding carboxylic acids is 2. The van der Waals surface area contributed by atoms with E-state index in [-0.39, 0.29) is 47.0 Å². The fraction of sp³-hybridized carbons (Fsp3) is 0.500. The molecule has 5 atom stereocenters. The van der Waals surface area contributed by atoms with Crippen molar-refractivity contribution in [2.24, 2.45) is 5.41 Å². The molecule has 1 N–H and O–H groups in total. The summed E-state index contributed by atoms with van der Waals surface area (Å²) in [4.78, 5) is 45.7. The average Bonchev–Trinajstić information content (AvgIpc) is 2.92. The van der Waals surface area contributed by atoms with Gasteiger partial charge < -0.3 is 14.8 Å². The molecule has 3 aliphatic rings. The molecule has 6 heteroatoms. The van der Waals surface area contributed by atoms with Gasteiger partial charge in [-0.15, -0.1) is 0 Å². The highest BCUT2D eigenvalue weighted by Crippen LogP contribution is 2.55. The Balaban J connectivity index is 1.62. The second kappa shape index (κ2) is 7.91. The lowest BCUT2D eigenvalue weighted by Gasteiger charge is -2.50. The number of hydrogen-bond acceptors (Lipinski definition) is 3. The van der Waals surface area contributed by atoms with Gasteiger partial charge in [0.25, 0.3) is 5.91 Å². The highest BCUT2D eigenvalue weighted by Gasteiger charge is 2.63. The summed E-state index contributed by atoms with van der Waals surface area (Å²) >= 11 is 0. The molecule has 2 aliphatic heterocycles. The van der Waals surface area contributed by atoms with Crippen molar-refractivity contribution in [2.75, 3.05) is 0 Å². The summed E-state index contributed by atoms with van der Waals surface area (Å²) in [6.45, 7) is 3.95. The zero-order valence-corrected chi connectivity index (χ0v) is 18.8. The molecule has 3 fully saturated rings. The second-order valence-electron chi connectivity index (χ2n) is 9.92. The van der Waals surface area contributed by atoms with Crippen molar-refractivity contribution in [3.8, 4) is 0 Å². The number of aromatic nitrogens is 1. The van der Waals surface area contributed by atoms with Gasteiger partial charge in [0.05, 0.1) is 12.1 Å². The molecule has 0 radical (unpaired) electrons. The van der Waals surface area contributed by atoms with Gasteiger partial charge in [-0.25, -0.2) is 0 Å². The van der Waals surface area contributed by atoms with E-state index in [0.717, 1.165) is 38.5 Å². The van der Waals surface area contributed by atoms with Crippen molar-refractivity contribution in [3.63, 3.8) is 0 Å². The molecule has 2 saturated heterocycles. The molecule has 1 aliphatic carbocycles. The molecule has 2 aromatic rings. The highest BCUT2D eigenvalue weighted by molar-refractivity contribution is 5.93. The summed E-state index contributed by atoms with van der Waals surface area (Å²) in [5.41, 5.74) is 1.11. The van der Waals surface area contributed by atoms with Crippen LogP contribution in [-0.2, 0) is 11.2 Å². The molecule has 5 rings (SSSR count). The molecule has 1 aromatic carbocycles. The van der Waals surface area contributed by atoms with Crippen LogP contribution < -0.4 is 5.56 Å². The second-order valence-corrected chi connectivity index (χ2v) is 9.92. The molecule has 0 spiro atoms. The van der Waals surface area contributed by atoms with Crippen molar-refractivity contribution in [2.45, 2.75) is 76.5 Å². The largest absolute Gasteiger partial charge is 0.334 e. The number of nitrogens with one attached hydrogen (secondary N) is 1. The van der Waals surface area contributed by atoms with E-state index in [4.69, 9.17) is 0 Å². The van der Waals surface area contributed by atoms with E-state index >= 15 is 0 Å². The van der Waals surface area contributed by atoms with Crippen LogP contribution in [0.4, 0.5) is 0 Å². The number of H-pyrrole nitrogens is 1. The van der Waals surface area contributed by atoms with Gasteiger partial charge in [-0.3, -0.25) is 14.4 Å². The van der Waals surface area contributed by atoms with Gasteiger partial charge in [0.1, 0.15) is 5.69 Å². The molecule has 3 heterocycles. The van der Waals surface area contributed by atoms with Crippen molar-refractivity contribution in [1.82, 2.24) is 14.8 Å². The molecule has 2 amide bonds. The summed E-state index contributed by atoms with van der Waals surface area (Å²) in [7, 11) is 0. The van der Waals surface area contributed by atoms with Gasteiger partial charge in [0, 0.05) is 30.5 Å². The van der Waals surface area contributed by atoms with E-state index in [9.17, 15) is 14.4 Å². The van der Waals surface area contributed by atoms with Gasteiger partial charge in [-0.2, -0.15) is 0 Å².